The summed E-state index contributed by atoms with van der Waals surface area (Å²) in [4.78, 5) is 96.4. The summed E-state index contributed by atoms with van der Waals surface area (Å²) in [5.74, 6) is -4.34. The lowest BCUT2D eigenvalue weighted by Gasteiger charge is -2.32. The van der Waals surface area contributed by atoms with E-state index in [2.05, 4.69) is 26.6 Å². The molecule has 13 heteroatoms. The first-order valence-corrected chi connectivity index (χ1v) is 18.5. The van der Waals surface area contributed by atoms with Gasteiger partial charge in [0.2, 0.25) is 35.4 Å². The molecular formula is C38H58N6O7. The van der Waals surface area contributed by atoms with Crippen molar-refractivity contribution >= 4 is 41.2 Å². The summed E-state index contributed by atoms with van der Waals surface area (Å²) >= 11 is 0. The minimum atomic E-state index is -1.11. The summed E-state index contributed by atoms with van der Waals surface area (Å²) in [5.41, 5.74) is 0.794. The van der Waals surface area contributed by atoms with Gasteiger partial charge in [-0.05, 0) is 49.0 Å². The number of nitrogens with one attached hydrogen (secondary N) is 5. The molecule has 0 aliphatic carbocycles. The summed E-state index contributed by atoms with van der Waals surface area (Å²) in [6, 6.07) is 4.52. The molecule has 2 aliphatic rings. The molecule has 7 atom stereocenters. The lowest BCUT2D eigenvalue weighted by Crippen LogP contribution is -2.59. The largest absolute Gasteiger partial charge is 0.354 e. The number of carbonyl (C=O) groups is 7. The predicted octanol–water partition coefficient (Wildman–Crippen LogP) is 2.02. The van der Waals surface area contributed by atoms with Crippen molar-refractivity contribution in [2.75, 3.05) is 13.1 Å². The molecule has 51 heavy (non-hydrogen) atoms. The molecule has 282 valence electrons. The monoisotopic (exact) mass is 710 g/mol. The average Bonchev–Trinajstić information content (AvgIpc) is 3.58. The first-order chi connectivity index (χ1) is 24.1. The van der Waals surface area contributed by atoms with Crippen LogP contribution >= 0.6 is 0 Å². The normalized spacial score (nSPS) is 25.5. The zero-order valence-corrected chi connectivity index (χ0v) is 31.3. The van der Waals surface area contributed by atoms with E-state index in [0.29, 0.717) is 25.8 Å². The van der Waals surface area contributed by atoms with E-state index in [0.717, 1.165) is 5.56 Å². The molecule has 7 unspecified atom stereocenters. The van der Waals surface area contributed by atoms with Gasteiger partial charge in [-0.1, -0.05) is 78.3 Å². The van der Waals surface area contributed by atoms with Gasteiger partial charge >= 0.3 is 0 Å². The third-order valence-corrected chi connectivity index (χ3v) is 10.1. The SMILES string of the molecule is CCC(C)C1CC(=O)C2CCCN2C(=O)C(Cc2ccccc2)NC(=O)C(NC(=O)C(NC(C)=O)C(C)C)CCCNC(=O)C(C(C)C)NC1=O. The maximum atomic E-state index is 14.4. The number of amides is 6. The van der Waals surface area contributed by atoms with E-state index in [1.165, 1.54) is 11.8 Å². The van der Waals surface area contributed by atoms with Crippen LogP contribution in [0.15, 0.2) is 30.3 Å². The van der Waals surface area contributed by atoms with Gasteiger partial charge in [-0.25, -0.2) is 0 Å². The van der Waals surface area contributed by atoms with Gasteiger partial charge in [0.25, 0.3) is 0 Å². The van der Waals surface area contributed by atoms with Crippen LogP contribution in [0.4, 0.5) is 0 Å². The molecule has 0 radical (unpaired) electrons. The van der Waals surface area contributed by atoms with Crippen LogP contribution in [0.2, 0.25) is 0 Å². The zero-order chi connectivity index (χ0) is 37.8. The summed E-state index contributed by atoms with van der Waals surface area (Å²) in [5, 5.41) is 14.1. The number of hydrogen-bond donors (Lipinski definition) is 5. The Balaban J connectivity index is 2.03. The highest BCUT2D eigenvalue weighted by molar-refractivity contribution is 5.97. The fourth-order valence-corrected chi connectivity index (χ4v) is 6.78. The first kappa shape index (κ1) is 41.1. The van der Waals surface area contributed by atoms with Crippen molar-refractivity contribution in [3.05, 3.63) is 35.9 Å². The Bertz CT molecular complexity index is 1400. The molecule has 1 aromatic rings. The Morgan fingerprint density at radius 3 is 2.20 bits per heavy atom. The van der Waals surface area contributed by atoms with E-state index in [4.69, 9.17) is 0 Å². The summed E-state index contributed by atoms with van der Waals surface area (Å²) < 4.78 is 0. The minimum Gasteiger partial charge on any atom is -0.354 e. The number of benzene rings is 1. The second kappa shape index (κ2) is 19.4. The Morgan fingerprint density at radius 2 is 1.59 bits per heavy atom. The molecule has 3 rings (SSSR count). The van der Waals surface area contributed by atoms with Crippen molar-refractivity contribution in [2.24, 2.45) is 23.7 Å². The molecule has 0 spiro atoms. The smallest absolute Gasteiger partial charge is 0.246 e. The van der Waals surface area contributed by atoms with Gasteiger partial charge in [0.15, 0.2) is 5.78 Å². The maximum Gasteiger partial charge on any atom is 0.246 e. The van der Waals surface area contributed by atoms with Crippen molar-refractivity contribution < 1.29 is 33.6 Å². The second-order valence-electron chi connectivity index (χ2n) is 14.7. The minimum absolute atomic E-state index is 0.0865. The summed E-state index contributed by atoms with van der Waals surface area (Å²) in [6.45, 7) is 12.8. The van der Waals surface area contributed by atoms with Crippen LogP contribution in [0, 0.1) is 23.7 Å². The van der Waals surface area contributed by atoms with Gasteiger partial charge in [0, 0.05) is 38.8 Å². The van der Waals surface area contributed by atoms with Gasteiger partial charge in [0.05, 0.1) is 6.04 Å². The molecular weight excluding hydrogens is 652 g/mol. The quantitative estimate of drug-likeness (QED) is 0.260. The Kier molecular flexibility index (Phi) is 15.6. The van der Waals surface area contributed by atoms with Gasteiger partial charge < -0.3 is 31.5 Å². The number of carbonyl (C=O) groups excluding carboxylic acids is 7. The molecule has 2 heterocycles. The van der Waals surface area contributed by atoms with Crippen LogP contribution in [0.5, 0.6) is 0 Å². The van der Waals surface area contributed by atoms with Crippen molar-refractivity contribution in [3.63, 3.8) is 0 Å². The predicted molar refractivity (Wildman–Crippen MR) is 193 cm³/mol. The van der Waals surface area contributed by atoms with Gasteiger partial charge in [-0.2, -0.15) is 0 Å². The number of rotatable bonds is 9. The number of hydrogen-bond acceptors (Lipinski definition) is 7. The fourth-order valence-electron chi connectivity index (χ4n) is 6.78. The van der Waals surface area contributed by atoms with Crippen LogP contribution in [-0.2, 0) is 40.0 Å². The molecule has 5 N–H and O–H groups in total. The van der Waals surface area contributed by atoms with Gasteiger partial charge in [-0.15, -0.1) is 0 Å². The van der Waals surface area contributed by atoms with Gasteiger partial charge in [-0.3, -0.25) is 33.6 Å². The molecule has 13 nitrogen and oxygen atoms in total. The highest BCUT2D eigenvalue weighted by Crippen LogP contribution is 2.27. The first-order valence-electron chi connectivity index (χ1n) is 18.5. The molecule has 2 saturated heterocycles. The average molecular weight is 711 g/mol. The van der Waals surface area contributed by atoms with E-state index < -0.39 is 59.8 Å². The molecule has 0 bridgehead atoms. The van der Waals surface area contributed by atoms with Crippen LogP contribution in [0.3, 0.4) is 0 Å². The number of fused-ring (bicyclic) bond motifs is 1. The second-order valence-corrected chi connectivity index (χ2v) is 14.7. The topological polar surface area (TPSA) is 183 Å². The summed E-state index contributed by atoms with van der Waals surface area (Å²) in [6.07, 6.45) is 2.11. The van der Waals surface area contributed by atoms with Gasteiger partial charge in [0.1, 0.15) is 24.2 Å². The Hall–Kier alpha value is -4.29. The lowest BCUT2D eigenvalue weighted by molar-refractivity contribution is -0.142. The van der Waals surface area contributed by atoms with Crippen LogP contribution < -0.4 is 26.6 Å². The van der Waals surface area contributed by atoms with E-state index in [-0.39, 0.29) is 67.6 Å². The van der Waals surface area contributed by atoms with Crippen LogP contribution in [0.1, 0.15) is 92.6 Å². The third kappa shape index (κ3) is 11.6. The standard InChI is InChI=1S/C38H58N6O7/c1-8-24(6)27-21-31(46)30-17-13-19-44(30)38(51)29(20-26-14-10-9-11-15-26)42-35(48)28(41-37(50)33(23(4)5)40-25(7)45)16-12-18-39-36(49)32(22(2)3)43-34(27)47/h9-11,14-15,22-24,27-30,32-33H,8,12-13,16-21H2,1-7H3,(H,39,49)(H,40,45)(H,41,50)(H,42,48)(H,43,47). The number of nitrogens with zero attached hydrogens (tertiary/aromatic N) is 1. The highest BCUT2D eigenvalue weighted by Gasteiger charge is 2.41. The number of Topliss-reactive ketones (excluding diaryl/α,β-unsaturated/α-hetero) is 1. The summed E-state index contributed by atoms with van der Waals surface area (Å²) in [7, 11) is 0. The molecule has 0 aromatic heterocycles. The maximum absolute atomic E-state index is 14.4. The van der Waals surface area contributed by atoms with Crippen molar-refractivity contribution in [1.29, 1.82) is 0 Å². The third-order valence-electron chi connectivity index (χ3n) is 10.1. The zero-order valence-electron chi connectivity index (χ0n) is 31.3. The van der Waals surface area contributed by atoms with E-state index in [1.54, 1.807) is 13.8 Å². The molecule has 2 fully saturated rings. The van der Waals surface area contributed by atoms with Crippen LogP contribution in [0.25, 0.3) is 0 Å². The highest BCUT2D eigenvalue weighted by atomic mass is 16.2. The van der Waals surface area contributed by atoms with Crippen molar-refractivity contribution in [2.45, 2.75) is 124 Å². The molecule has 0 saturated carbocycles. The van der Waals surface area contributed by atoms with Crippen molar-refractivity contribution in [1.82, 2.24) is 31.5 Å². The molecule has 1 aromatic carbocycles. The van der Waals surface area contributed by atoms with E-state index in [9.17, 15) is 33.6 Å². The number of ketones is 1. The Morgan fingerprint density at radius 1 is 0.902 bits per heavy atom. The van der Waals surface area contributed by atoms with E-state index in [1.807, 2.05) is 58.0 Å². The van der Waals surface area contributed by atoms with Crippen molar-refractivity contribution in [3.8, 4) is 0 Å². The van der Waals surface area contributed by atoms with E-state index >= 15 is 0 Å². The lowest BCUT2D eigenvalue weighted by atomic mass is 9.84. The molecule has 2 aliphatic heterocycles. The molecule has 6 amide bonds. The van der Waals surface area contributed by atoms with Crippen LogP contribution in [-0.4, -0.2) is 89.4 Å². The Labute approximate surface area is 302 Å². The fraction of sp³-hybridized carbons (Fsp3) is 0.658.